The van der Waals surface area contributed by atoms with Gasteiger partial charge in [0.2, 0.25) is 0 Å². The van der Waals surface area contributed by atoms with E-state index in [0.717, 1.165) is 22.4 Å². The third-order valence-corrected chi connectivity index (χ3v) is 4.45. The summed E-state index contributed by atoms with van der Waals surface area (Å²) in [5.41, 5.74) is 4.27. The summed E-state index contributed by atoms with van der Waals surface area (Å²) >= 11 is 5.99. The Balaban J connectivity index is 1.78. The Morgan fingerprint density at radius 2 is 1.75 bits per heavy atom. The van der Waals surface area contributed by atoms with Crippen molar-refractivity contribution in [3.05, 3.63) is 87.9 Å². The first kappa shape index (κ1) is 19.8. The van der Waals surface area contributed by atoms with Gasteiger partial charge in [-0.3, -0.25) is 4.79 Å². The lowest BCUT2D eigenvalue weighted by Gasteiger charge is -2.13. The van der Waals surface area contributed by atoms with Crippen molar-refractivity contribution in [2.45, 2.75) is 20.5 Å². The Kier molecular flexibility index (Phi) is 6.22. The quantitative estimate of drug-likeness (QED) is 0.574. The molecule has 0 unspecified atom stereocenters. The minimum atomic E-state index is -0.184. The van der Waals surface area contributed by atoms with Crippen molar-refractivity contribution in [2.24, 2.45) is 0 Å². The van der Waals surface area contributed by atoms with E-state index in [1.54, 1.807) is 37.4 Å². The lowest BCUT2D eigenvalue weighted by atomic mass is 10.1. The van der Waals surface area contributed by atoms with Crippen molar-refractivity contribution in [1.29, 1.82) is 0 Å². The largest absolute Gasteiger partial charge is 0.496 e. The van der Waals surface area contributed by atoms with Crippen LogP contribution in [0.15, 0.2) is 60.7 Å². The first-order chi connectivity index (χ1) is 13.4. The topological polar surface area (TPSA) is 47.6 Å². The molecule has 4 nitrogen and oxygen atoms in total. The van der Waals surface area contributed by atoms with Crippen LogP contribution in [0.3, 0.4) is 0 Å². The molecule has 0 heterocycles. The van der Waals surface area contributed by atoms with Gasteiger partial charge < -0.3 is 14.8 Å². The monoisotopic (exact) mass is 395 g/mol. The van der Waals surface area contributed by atoms with Crippen molar-refractivity contribution in [3.8, 4) is 11.5 Å². The van der Waals surface area contributed by atoms with E-state index >= 15 is 0 Å². The highest BCUT2D eigenvalue weighted by Crippen LogP contribution is 2.24. The maximum Gasteiger partial charge on any atom is 0.255 e. The van der Waals surface area contributed by atoms with E-state index in [0.29, 0.717) is 22.1 Å². The van der Waals surface area contributed by atoms with Crippen LogP contribution in [0.25, 0.3) is 0 Å². The van der Waals surface area contributed by atoms with Gasteiger partial charge in [0.15, 0.2) is 0 Å². The van der Waals surface area contributed by atoms with Gasteiger partial charge in [0.25, 0.3) is 5.91 Å². The first-order valence-electron chi connectivity index (χ1n) is 8.89. The number of benzene rings is 3. The summed E-state index contributed by atoms with van der Waals surface area (Å²) in [6.07, 6.45) is 0. The molecule has 5 heteroatoms. The molecule has 0 aliphatic heterocycles. The lowest BCUT2D eigenvalue weighted by molar-refractivity contribution is 0.102. The normalized spacial score (nSPS) is 10.4. The molecule has 28 heavy (non-hydrogen) atoms. The Bertz CT molecular complexity index is 981. The smallest absolute Gasteiger partial charge is 0.255 e. The minimum absolute atomic E-state index is 0.184. The molecule has 0 spiro atoms. The second-order valence-electron chi connectivity index (χ2n) is 6.60. The van der Waals surface area contributed by atoms with Gasteiger partial charge in [-0.05, 0) is 73.5 Å². The van der Waals surface area contributed by atoms with Gasteiger partial charge in [0.1, 0.15) is 18.1 Å². The maximum absolute atomic E-state index is 12.7. The highest BCUT2D eigenvalue weighted by atomic mass is 35.5. The second-order valence-corrected chi connectivity index (χ2v) is 7.04. The Labute approximate surface area is 170 Å². The third-order valence-electron chi connectivity index (χ3n) is 4.21. The number of methoxy groups -OCH3 is 1. The van der Waals surface area contributed by atoms with E-state index in [4.69, 9.17) is 21.1 Å². The predicted molar refractivity (Wildman–Crippen MR) is 113 cm³/mol. The van der Waals surface area contributed by atoms with Crippen molar-refractivity contribution >= 4 is 23.2 Å². The molecular weight excluding hydrogens is 374 g/mol. The van der Waals surface area contributed by atoms with Crippen molar-refractivity contribution in [1.82, 2.24) is 0 Å². The lowest BCUT2D eigenvalue weighted by Crippen LogP contribution is -2.13. The Morgan fingerprint density at radius 1 is 1.00 bits per heavy atom. The fourth-order valence-corrected chi connectivity index (χ4v) is 3.18. The molecule has 0 aliphatic rings. The number of halogens is 1. The van der Waals surface area contributed by atoms with E-state index in [1.807, 2.05) is 38.1 Å². The van der Waals surface area contributed by atoms with E-state index in [9.17, 15) is 4.79 Å². The standard InChI is InChI=1S/C23H22ClNO3/c1-15-9-16(2)11-20(10-15)25-23(26)17-7-8-22(27-3)18(12-17)14-28-21-6-4-5-19(24)13-21/h4-13H,14H2,1-3H3,(H,25,26). The van der Waals surface area contributed by atoms with Crippen LogP contribution < -0.4 is 14.8 Å². The molecule has 3 aromatic carbocycles. The summed E-state index contributed by atoms with van der Waals surface area (Å²) < 4.78 is 11.2. The average molecular weight is 396 g/mol. The zero-order chi connectivity index (χ0) is 20.1. The zero-order valence-electron chi connectivity index (χ0n) is 16.1. The predicted octanol–water partition coefficient (Wildman–Crippen LogP) is 5.80. The molecule has 0 saturated carbocycles. The van der Waals surface area contributed by atoms with Gasteiger partial charge >= 0.3 is 0 Å². The summed E-state index contributed by atoms with van der Waals surface area (Å²) in [5.74, 6) is 1.13. The van der Waals surface area contributed by atoms with Gasteiger partial charge in [-0.1, -0.05) is 23.7 Å². The van der Waals surface area contributed by atoms with Gasteiger partial charge in [-0.15, -0.1) is 0 Å². The van der Waals surface area contributed by atoms with Crippen LogP contribution in [-0.2, 0) is 6.61 Å². The summed E-state index contributed by atoms with van der Waals surface area (Å²) in [6, 6.07) is 18.4. The average Bonchev–Trinajstić information content (AvgIpc) is 2.65. The number of carbonyl (C=O) groups is 1. The van der Waals surface area contributed by atoms with Crippen molar-refractivity contribution in [3.63, 3.8) is 0 Å². The summed E-state index contributed by atoms with van der Waals surface area (Å²) in [4.78, 5) is 12.7. The van der Waals surface area contributed by atoms with Crippen LogP contribution in [0.5, 0.6) is 11.5 Å². The number of hydrogen-bond donors (Lipinski definition) is 1. The molecule has 0 aliphatic carbocycles. The van der Waals surface area contributed by atoms with Crippen molar-refractivity contribution < 1.29 is 14.3 Å². The fourth-order valence-electron chi connectivity index (χ4n) is 3.00. The van der Waals surface area contributed by atoms with Crippen LogP contribution in [0.2, 0.25) is 5.02 Å². The number of amides is 1. The molecule has 3 aromatic rings. The highest BCUT2D eigenvalue weighted by molar-refractivity contribution is 6.30. The number of anilines is 1. The summed E-state index contributed by atoms with van der Waals surface area (Å²) in [5, 5.41) is 3.55. The molecular formula is C23H22ClNO3. The molecule has 0 aromatic heterocycles. The fraction of sp³-hybridized carbons (Fsp3) is 0.174. The molecule has 0 atom stereocenters. The summed E-state index contributed by atoms with van der Waals surface area (Å²) in [6.45, 7) is 4.26. The highest BCUT2D eigenvalue weighted by Gasteiger charge is 2.12. The molecule has 0 radical (unpaired) electrons. The number of nitrogens with one attached hydrogen (secondary N) is 1. The molecule has 144 valence electrons. The SMILES string of the molecule is COc1ccc(C(=O)Nc2cc(C)cc(C)c2)cc1COc1cccc(Cl)c1. The van der Waals surface area contributed by atoms with Crippen molar-refractivity contribution in [2.75, 3.05) is 12.4 Å². The van der Waals surface area contributed by atoms with Crippen LogP contribution >= 0.6 is 11.6 Å². The molecule has 3 rings (SSSR count). The maximum atomic E-state index is 12.7. The molecule has 0 fully saturated rings. The molecule has 0 bridgehead atoms. The van der Waals surface area contributed by atoms with Crippen LogP contribution in [0.1, 0.15) is 27.0 Å². The van der Waals surface area contributed by atoms with E-state index < -0.39 is 0 Å². The third kappa shape index (κ3) is 5.05. The van der Waals surface area contributed by atoms with Gasteiger partial charge in [-0.25, -0.2) is 0 Å². The number of aryl methyl sites for hydroxylation is 2. The number of carbonyl (C=O) groups excluding carboxylic acids is 1. The van der Waals surface area contributed by atoms with Gasteiger partial charge in [0.05, 0.1) is 7.11 Å². The second kappa shape index (κ2) is 8.81. The Hall–Kier alpha value is -2.98. The molecule has 1 amide bonds. The first-order valence-corrected chi connectivity index (χ1v) is 9.27. The molecule has 0 saturated heterocycles. The minimum Gasteiger partial charge on any atom is -0.496 e. The van der Waals surface area contributed by atoms with Gasteiger partial charge in [0, 0.05) is 21.8 Å². The number of hydrogen-bond acceptors (Lipinski definition) is 3. The van der Waals surface area contributed by atoms with E-state index in [1.165, 1.54) is 0 Å². The molecule has 1 N–H and O–H groups in total. The van der Waals surface area contributed by atoms with Gasteiger partial charge in [-0.2, -0.15) is 0 Å². The number of rotatable bonds is 6. The van der Waals surface area contributed by atoms with E-state index in [2.05, 4.69) is 11.4 Å². The number of ether oxygens (including phenoxy) is 2. The zero-order valence-corrected chi connectivity index (χ0v) is 16.8. The summed E-state index contributed by atoms with van der Waals surface area (Å²) in [7, 11) is 1.59. The van der Waals surface area contributed by atoms with Crippen LogP contribution in [0, 0.1) is 13.8 Å². The van der Waals surface area contributed by atoms with Crippen LogP contribution in [-0.4, -0.2) is 13.0 Å². The van der Waals surface area contributed by atoms with E-state index in [-0.39, 0.29) is 12.5 Å². The Morgan fingerprint density at radius 3 is 2.43 bits per heavy atom. The van der Waals surface area contributed by atoms with Crippen LogP contribution in [0.4, 0.5) is 5.69 Å².